The van der Waals surface area contributed by atoms with E-state index < -0.39 is 11.6 Å². The van der Waals surface area contributed by atoms with E-state index in [1.165, 1.54) is 0 Å². The topological polar surface area (TPSA) is 46.5 Å². The standard InChI is InChI=1S/C13H24O3/c1-5-16-12(14)13(15)8-10(4)6-7-11(13)9(2)3/h9-11,15H,5-8H2,1-4H3. The molecule has 0 heterocycles. The van der Waals surface area contributed by atoms with Crippen LogP contribution in [0.5, 0.6) is 0 Å². The molecule has 0 spiro atoms. The zero-order valence-corrected chi connectivity index (χ0v) is 10.8. The molecular formula is C13H24O3. The predicted molar refractivity (Wildman–Crippen MR) is 62.9 cm³/mol. The lowest BCUT2D eigenvalue weighted by Crippen LogP contribution is -2.52. The second-order valence-corrected chi connectivity index (χ2v) is 5.38. The molecule has 94 valence electrons. The van der Waals surface area contributed by atoms with Crippen LogP contribution in [-0.4, -0.2) is 23.3 Å². The van der Waals surface area contributed by atoms with Gasteiger partial charge in [-0.15, -0.1) is 0 Å². The van der Waals surface area contributed by atoms with Crippen LogP contribution in [0.2, 0.25) is 0 Å². The molecule has 3 heteroatoms. The smallest absolute Gasteiger partial charge is 0.338 e. The van der Waals surface area contributed by atoms with Crippen LogP contribution < -0.4 is 0 Å². The Hall–Kier alpha value is -0.570. The Balaban J connectivity index is 2.87. The van der Waals surface area contributed by atoms with Crippen LogP contribution in [0.25, 0.3) is 0 Å². The van der Waals surface area contributed by atoms with Gasteiger partial charge in [0.05, 0.1) is 6.61 Å². The second-order valence-electron chi connectivity index (χ2n) is 5.38. The fraction of sp³-hybridized carbons (Fsp3) is 0.923. The molecule has 0 amide bonds. The number of hydrogen-bond donors (Lipinski definition) is 1. The van der Waals surface area contributed by atoms with Gasteiger partial charge in [-0.1, -0.05) is 27.2 Å². The second kappa shape index (κ2) is 5.17. The van der Waals surface area contributed by atoms with E-state index in [-0.39, 0.29) is 5.92 Å². The molecule has 0 bridgehead atoms. The van der Waals surface area contributed by atoms with Crippen LogP contribution in [0.15, 0.2) is 0 Å². The number of aliphatic hydroxyl groups is 1. The summed E-state index contributed by atoms with van der Waals surface area (Å²) in [5, 5.41) is 10.6. The third-order valence-electron chi connectivity index (χ3n) is 3.68. The molecule has 1 saturated carbocycles. The van der Waals surface area contributed by atoms with Crippen molar-refractivity contribution < 1.29 is 14.6 Å². The number of carbonyl (C=O) groups excluding carboxylic acids is 1. The van der Waals surface area contributed by atoms with Crippen molar-refractivity contribution in [2.75, 3.05) is 6.61 Å². The Kier molecular flexibility index (Phi) is 4.36. The highest BCUT2D eigenvalue weighted by atomic mass is 16.5. The van der Waals surface area contributed by atoms with Gasteiger partial charge in [0.1, 0.15) is 0 Å². The maximum Gasteiger partial charge on any atom is 0.338 e. The van der Waals surface area contributed by atoms with Gasteiger partial charge in [0, 0.05) is 5.92 Å². The minimum atomic E-state index is -1.26. The highest BCUT2D eigenvalue weighted by Gasteiger charge is 2.49. The van der Waals surface area contributed by atoms with E-state index in [9.17, 15) is 9.90 Å². The summed E-state index contributed by atoms with van der Waals surface area (Å²) in [6.45, 7) is 8.31. The van der Waals surface area contributed by atoms with Gasteiger partial charge >= 0.3 is 5.97 Å². The van der Waals surface area contributed by atoms with Crippen LogP contribution in [0, 0.1) is 17.8 Å². The molecule has 1 N–H and O–H groups in total. The molecule has 0 aliphatic heterocycles. The molecule has 0 saturated heterocycles. The van der Waals surface area contributed by atoms with E-state index >= 15 is 0 Å². The highest BCUT2D eigenvalue weighted by molar-refractivity contribution is 5.80. The number of rotatable bonds is 3. The molecule has 1 rings (SSSR count). The largest absolute Gasteiger partial charge is 0.464 e. The summed E-state index contributed by atoms with van der Waals surface area (Å²) >= 11 is 0. The maximum atomic E-state index is 11.9. The third kappa shape index (κ3) is 2.57. The van der Waals surface area contributed by atoms with E-state index in [0.717, 1.165) is 12.8 Å². The van der Waals surface area contributed by atoms with Crippen molar-refractivity contribution in [3.63, 3.8) is 0 Å². The summed E-state index contributed by atoms with van der Waals surface area (Å²) in [6, 6.07) is 0. The lowest BCUT2D eigenvalue weighted by atomic mass is 9.67. The van der Waals surface area contributed by atoms with Gasteiger partial charge in [-0.2, -0.15) is 0 Å². The van der Waals surface area contributed by atoms with Gasteiger partial charge in [-0.25, -0.2) is 4.79 Å². The van der Waals surface area contributed by atoms with E-state index in [4.69, 9.17) is 4.74 Å². The number of hydrogen-bond acceptors (Lipinski definition) is 3. The Morgan fingerprint density at radius 3 is 2.62 bits per heavy atom. The Morgan fingerprint density at radius 2 is 2.12 bits per heavy atom. The number of carbonyl (C=O) groups is 1. The summed E-state index contributed by atoms with van der Waals surface area (Å²) in [4.78, 5) is 11.9. The zero-order chi connectivity index (χ0) is 12.3. The van der Waals surface area contributed by atoms with Gasteiger partial charge in [0.15, 0.2) is 5.60 Å². The van der Waals surface area contributed by atoms with E-state index in [2.05, 4.69) is 20.8 Å². The molecule has 0 aromatic heterocycles. The van der Waals surface area contributed by atoms with Crippen LogP contribution in [0.4, 0.5) is 0 Å². The Morgan fingerprint density at radius 1 is 1.50 bits per heavy atom. The Labute approximate surface area is 98.2 Å². The van der Waals surface area contributed by atoms with Crippen LogP contribution in [0.3, 0.4) is 0 Å². The monoisotopic (exact) mass is 228 g/mol. The molecule has 3 unspecified atom stereocenters. The van der Waals surface area contributed by atoms with Crippen molar-refractivity contribution in [2.24, 2.45) is 17.8 Å². The summed E-state index contributed by atoms with van der Waals surface area (Å²) in [7, 11) is 0. The predicted octanol–water partition coefficient (Wildman–Crippen LogP) is 2.37. The van der Waals surface area contributed by atoms with Gasteiger partial charge < -0.3 is 9.84 Å². The highest BCUT2D eigenvalue weighted by Crippen LogP contribution is 2.41. The molecule has 1 aliphatic rings. The first-order chi connectivity index (χ1) is 7.41. The van der Waals surface area contributed by atoms with Crippen molar-refractivity contribution in [1.29, 1.82) is 0 Å². The molecule has 1 fully saturated rings. The summed E-state index contributed by atoms with van der Waals surface area (Å²) in [6.07, 6.45) is 2.54. The average Bonchev–Trinajstić information content (AvgIpc) is 2.17. The Bertz CT molecular complexity index is 250. The fourth-order valence-corrected chi connectivity index (χ4v) is 2.86. The summed E-state index contributed by atoms with van der Waals surface area (Å²) < 4.78 is 5.02. The van der Waals surface area contributed by atoms with Crippen molar-refractivity contribution in [1.82, 2.24) is 0 Å². The summed E-state index contributed by atoms with van der Waals surface area (Å²) in [5.41, 5.74) is -1.26. The molecule has 0 radical (unpaired) electrons. The summed E-state index contributed by atoms with van der Waals surface area (Å²) in [5.74, 6) is 0.300. The van der Waals surface area contributed by atoms with E-state index in [1.54, 1.807) is 6.92 Å². The first-order valence-corrected chi connectivity index (χ1v) is 6.31. The van der Waals surface area contributed by atoms with Gasteiger partial charge in [-0.05, 0) is 31.6 Å². The minimum Gasteiger partial charge on any atom is -0.464 e. The first kappa shape index (κ1) is 13.5. The quantitative estimate of drug-likeness (QED) is 0.754. The molecule has 1 aliphatic carbocycles. The number of esters is 1. The van der Waals surface area contributed by atoms with Gasteiger partial charge in [0.2, 0.25) is 0 Å². The molecule has 16 heavy (non-hydrogen) atoms. The van der Waals surface area contributed by atoms with E-state index in [0.29, 0.717) is 24.9 Å². The van der Waals surface area contributed by atoms with Crippen molar-refractivity contribution >= 4 is 5.97 Å². The van der Waals surface area contributed by atoms with E-state index in [1.807, 2.05) is 0 Å². The molecular weight excluding hydrogens is 204 g/mol. The van der Waals surface area contributed by atoms with Crippen LogP contribution in [0.1, 0.15) is 47.0 Å². The van der Waals surface area contributed by atoms with Crippen molar-refractivity contribution in [3.05, 3.63) is 0 Å². The number of ether oxygens (including phenoxy) is 1. The van der Waals surface area contributed by atoms with Crippen LogP contribution >= 0.6 is 0 Å². The lowest BCUT2D eigenvalue weighted by molar-refractivity contribution is -0.180. The normalized spacial score (nSPS) is 35.1. The minimum absolute atomic E-state index is 0.0303. The third-order valence-corrected chi connectivity index (χ3v) is 3.68. The zero-order valence-electron chi connectivity index (χ0n) is 10.8. The van der Waals surface area contributed by atoms with Crippen molar-refractivity contribution in [3.8, 4) is 0 Å². The maximum absolute atomic E-state index is 11.9. The molecule has 0 aromatic carbocycles. The first-order valence-electron chi connectivity index (χ1n) is 6.31. The van der Waals surface area contributed by atoms with Gasteiger partial charge in [-0.3, -0.25) is 0 Å². The molecule has 0 aromatic rings. The van der Waals surface area contributed by atoms with Crippen LogP contribution in [-0.2, 0) is 9.53 Å². The lowest BCUT2D eigenvalue weighted by Gasteiger charge is -2.42. The average molecular weight is 228 g/mol. The molecule has 3 atom stereocenters. The van der Waals surface area contributed by atoms with Gasteiger partial charge in [0.25, 0.3) is 0 Å². The van der Waals surface area contributed by atoms with Crippen molar-refractivity contribution in [2.45, 2.75) is 52.6 Å². The molecule has 3 nitrogen and oxygen atoms in total. The fourth-order valence-electron chi connectivity index (χ4n) is 2.86. The SMILES string of the molecule is CCOC(=O)C1(O)CC(C)CCC1C(C)C.